The van der Waals surface area contributed by atoms with E-state index in [9.17, 15) is 9.59 Å². The molecule has 0 amide bonds. The minimum Gasteiger partial charge on any atom is -0.460 e. The average Bonchev–Trinajstić information content (AvgIpc) is 3.15. The molecule has 2 atom stereocenters. The Hall–Kier alpha value is -1.79. The van der Waals surface area contributed by atoms with E-state index in [-0.39, 0.29) is 6.10 Å². The van der Waals surface area contributed by atoms with Gasteiger partial charge in [-0.15, -0.1) is 11.8 Å². The van der Waals surface area contributed by atoms with Crippen molar-refractivity contribution in [3.8, 4) is 0 Å². The number of ether oxygens (including phenoxy) is 2. The molecule has 0 aliphatic carbocycles. The van der Waals surface area contributed by atoms with Gasteiger partial charge in [0.05, 0.1) is 5.56 Å². The maximum Gasteiger partial charge on any atom is 0.347 e. The van der Waals surface area contributed by atoms with Crippen LogP contribution in [0.3, 0.4) is 0 Å². The van der Waals surface area contributed by atoms with Crippen molar-refractivity contribution in [2.24, 2.45) is 0 Å². The Labute approximate surface area is 142 Å². The smallest absolute Gasteiger partial charge is 0.347 e. The molecule has 2 aromatic rings. The number of hydrogen-bond acceptors (Lipinski definition) is 6. The maximum atomic E-state index is 12.4. The lowest BCUT2D eigenvalue weighted by atomic mass is 10.2. The standard InChI is InChI=1S/C17H16O4S2/c1-11-8-14(17(19)20-11)21-16(18)13-4-2-3-5-15(13)23-10-12-6-7-22-9-12/h2-7,9,11,14H,8,10H2,1H3. The highest BCUT2D eigenvalue weighted by Crippen LogP contribution is 2.28. The molecule has 0 spiro atoms. The molecule has 0 bridgehead atoms. The van der Waals surface area contributed by atoms with E-state index in [2.05, 4.69) is 11.4 Å². The first-order chi connectivity index (χ1) is 11.1. The minimum absolute atomic E-state index is 0.205. The van der Waals surface area contributed by atoms with E-state index < -0.39 is 18.0 Å². The van der Waals surface area contributed by atoms with Gasteiger partial charge in [-0.05, 0) is 41.4 Å². The molecule has 6 heteroatoms. The van der Waals surface area contributed by atoms with E-state index in [0.29, 0.717) is 12.0 Å². The van der Waals surface area contributed by atoms with Crippen LogP contribution in [0.2, 0.25) is 0 Å². The Morgan fingerprint density at radius 2 is 2.22 bits per heavy atom. The van der Waals surface area contributed by atoms with Crippen molar-refractivity contribution in [1.82, 2.24) is 0 Å². The number of esters is 2. The van der Waals surface area contributed by atoms with Crippen LogP contribution in [0.1, 0.15) is 29.3 Å². The first-order valence-electron chi connectivity index (χ1n) is 7.28. The predicted octanol–water partition coefficient (Wildman–Crippen LogP) is 3.90. The quantitative estimate of drug-likeness (QED) is 0.606. The number of benzene rings is 1. The predicted molar refractivity (Wildman–Crippen MR) is 89.7 cm³/mol. The van der Waals surface area contributed by atoms with Gasteiger partial charge >= 0.3 is 11.9 Å². The Balaban J connectivity index is 1.69. The Kier molecular flexibility index (Phi) is 5.03. The molecule has 1 aromatic heterocycles. The molecule has 1 aliphatic rings. The summed E-state index contributed by atoms with van der Waals surface area (Å²) in [6, 6.07) is 9.36. The second-order valence-corrected chi connectivity index (χ2v) is 7.09. The lowest BCUT2D eigenvalue weighted by Crippen LogP contribution is -2.23. The number of thioether (sulfide) groups is 1. The van der Waals surface area contributed by atoms with E-state index in [1.54, 1.807) is 42.2 Å². The molecule has 120 valence electrons. The van der Waals surface area contributed by atoms with Gasteiger partial charge in [0, 0.05) is 17.1 Å². The molecule has 4 nitrogen and oxygen atoms in total. The molecular formula is C17H16O4S2. The van der Waals surface area contributed by atoms with Crippen LogP contribution in [0.15, 0.2) is 46.0 Å². The molecule has 2 heterocycles. The van der Waals surface area contributed by atoms with E-state index >= 15 is 0 Å². The largest absolute Gasteiger partial charge is 0.460 e. The third kappa shape index (κ3) is 3.95. The van der Waals surface area contributed by atoms with Crippen LogP contribution >= 0.6 is 23.1 Å². The molecule has 1 aliphatic heterocycles. The van der Waals surface area contributed by atoms with Gasteiger partial charge in [-0.3, -0.25) is 0 Å². The zero-order valence-electron chi connectivity index (χ0n) is 12.6. The topological polar surface area (TPSA) is 52.6 Å². The lowest BCUT2D eigenvalue weighted by Gasteiger charge is -2.11. The van der Waals surface area contributed by atoms with Crippen molar-refractivity contribution in [3.63, 3.8) is 0 Å². The monoisotopic (exact) mass is 348 g/mol. The highest BCUT2D eigenvalue weighted by molar-refractivity contribution is 7.98. The minimum atomic E-state index is -0.799. The maximum absolute atomic E-state index is 12.4. The SMILES string of the molecule is CC1CC(OC(=O)c2ccccc2SCc2ccsc2)C(=O)O1. The number of carbonyl (C=O) groups excluding carboxylic acids is 2. The van der Waals surface area contributed by atoms with Crippen molar-refractivity contribution < 1.29 is 19.1 Å². The third-order valence-corrected chi connectivity index (χ3v) is 5.33. The molecule has 3 rings (SSSR count). The van der Waals surface area contributed by atoms with Gasteiger partial charge in [-0.1, -0.05) is 12.1 Å². The van der Waals surface area contributed by atoms with Crippen LogP contribution in [0, 0.1) is 0 Å². The van der Waals surface area contributed by atoms with Crippen LogP contribution in [-0.2, 0) is 20.0 Å². The molecule has 23 heavy (non-hydrogen) atoms. The van der Waals surface area contributed by atoms with Gasteiger partial charge in [0.2, 0.25) is 6.10 Å². The molecule has 0 radical (unpaired) electrons. The Morgan fingerprint density at radius 1 is 1.39 bits per heavy atom. The van der Waals surface area contributed by atoms with Crippen LogP contribution in [-0.4, -0.2) is 24.1 Å². The molecular weight excluding hydrogens is 332 g/mol. The van der Waals surface area contributed by atoms with E-state index in [0.717, 1.165) is 10.6 Å². The van der Waals surface area contributed by atoms with E-state index in [1.807, 2.05) is 17.5 Å². The number of cyclic esters (lactones) is 1. The molecule has 0 saturated carbocycles. The van der Waals surface area contributed by atoms with Gasteiger partial charge in [-0.2, -0.15) is 11.3 Å². The summed E-state index contributed by atoms with van der Waals surface area (Å²) in [5.74, 6) is -0.153. The van der Waals surface area contributed by atoms with Crippen molar-refractivity contribution in [2.75, 3.05) is 0 Å². The summed E-state index contributed by atoms with van der Waals surface area (Å²) < 4.78 is 10.4. The second kappa shape index (κ2) is 7.19. The number of carbonyl (C=O) groups is 2. The summed E-state index contributed by atoms with van der Waals surface area (Å²) in [6.07, 6.45) is -0.592. The Bertz CT molecular complexity index is 696. The molecule has 1 fully saturated rings. The zero-order chi connectivity index (χ0) is 16.2. The first-order valence-corrected chi connectivity index (χ1v) is 9.20. The molecule has 2 unspecified atom stereocenters. The van der Waals surface area contributed by atoms with E-state index in [4.69, 9.17) is 9.47 Å². The number of hydrogen-bond donors (Lipinski definition) is 0. The summed E-state index contributed by atoms with van der Waals surface area (Å²) in [6.45, 7) is 1.79. The summed E-state index contributed by atoms with van der Waals surface area (Å²) in [4.78, 5) is 24.9. The summed E-state index contributed by atoms with van der Waals surface area (Å²) >= 11 is 3.23. The summed E-state index contributed by atoms with van der Waals surface area (Å²) in [7, 11) is 0. The number of thiophene rings is 1. The van der Waals surface area contributed by atoms with Crippen LogP contribution in [0.4, 0.5) is 0 Å². The zero-order valence-corrected chi connectivity index (χ0v) is 14.2. The van der Waals surface area contributed by atoms with Crippen molar-refractivity contribution in [1.29, 1.82) is 0 Å². The third-order valence-electron chi connectivity index (χ3n) is 3.46. The normalized spacial score (nSPS) is 20.3. The lowest BCUT2D eigenvalue weighted by molar-refractivity contribution is -0.147. The second-order valence-electron chi connectivity index (χ2n) is 5.29. The van der Waals surface area contributed by atoms with Crippen molar-refractivity contribution >= 4 is 35.0 Å². The van der Waals surface area contributed by atoms with Crippen LogP contribution in [0.25, 0.3) is 0 Å². The van der Waals surface area contributed by atoms with Gasteiger partial charge in [0.1, 0.15) is 6.10 Å². The number of rotatable bonds is 5. The van der Waals surface area contributed by atoms with Crippen molar-refractivity contribution in [3.05, 3.63) is 52.2 Å². The fourth-order valence-electron chi connectivity index (χ4n) is 2.31. The molecule has 0 N–H and O–H groups in total. The highest BCUT2D eigenvalue weighted by Gasteiger charge is 2.35. The highest BCUT2D eigenvalue weighted by atomic mass is 32.2. The van der Waals surface area contributed by atoms with Crippen LogP contribution < -0.4 is 0 Å². The van der Waals surface area contributed by atoms with E-state index in [1.165, 1.54) is 5.56 Å². The average molecular weight is 348 g/mol. The molecule has 1 saturated heterocycles. The van der Waals surface area contributed by atoms with Gasteiger partial charge in [-0.25, -0.2) is 9.59 Å². The van der Waals surface area contributed by atoms with Gasteiger partial charge in [0.15, 0.2) is 0 Å². The van der Waals surface area contributed by atoms with Crippen molar-refractivity contribution in [2.45, 2.75) is 36.2 Å². The fourth-order valence-corrected chi connectivity index (χ4v) is 4.06. The summed E-state index contributed by atoms with van der Waals surface area (Å²) in [5, 5.41) is 4.12. The molecule has 1 aromatic carbocycles. The Morgan fingerprint density at radius 3 is 2.91 bits per heavy atom. The fraction of sp³-hybridized carbons (Fsp3) is 0.294. The van der Waals surface area contributed by atoms with Gasteiger partial charge in [0.25, 0.3) is 0 Å². The summed E-state index contributed by atoms with van der Waals surface area (Å²) in [5.41, 5.74) is 1.71. The van der Waals surface area contributed by atoms with Crippen LogP contribution in [0.5, 0.6) is 0 Å². The van der Waals surface area contributed by atoms with Gasteiger partial charge < -0.3 is 9.47 Å². The first kappa shape index (κ1) is 16.1.